The molecule has 0 aromatic rings. The maximum atomic E-state index is 11.9. The maximum absolute atomic E-state index is 11.9. The smallest absolute Gasteiger partial charge is 0.311 e. The third-order valence-electron chi connectivity index (χ3n) is 3.54. The number of carboxylic acids is 1. The average molecular weight is 271 g/mol. The summed E-state index contributed by atoms with van der Waals surface area (Å²) in [7, 11) is 0. The number of carbonyl (C=O) groups is 2. The van der Waals surface area contributed by atoms with Crippen molar-refractivity contribution in [2.24, 2.45) is 5.92 Å². The molecular weight excluding hydrogens is 250 g/mol. The van der Waals surface area contributed by atoms with Crippen LogP contribution in [-0.4, -0.2) is 73.9 Å². The Morgan fingerprint density at radius 1 is 1.32 bits per heavy atom. The van der Waals surface area contributed by atoms with Crippen LogP contribution in [0.25, 0.3) is 0 Å². The van der Waals surface area contributed by atoms with Crippen molar-refractivity contribution in [1.82, 2.24) is 15.5 Å². The largest absolute Gasteiger partial charge is 0.481 e. The molecule has 2 fully saturated rings. The summed E-state index contributed by atoms with van der Waals surface area (Å²) < 4.78 is 5.12. The number of carboxylic acid groups (broad SMARTS) is 1. The fourth-order valence-corrected chi connectivity index (χ4v) is 2.46. The highest BCUT2D eigenvalue weighted by molar-refractivity contribution is 5.80. The first-order valence-corrected chi connectivity index (χ1v) is 6.70. The number of nitrogens with zero attached hydrogens (tertiary/aromatic N) is 1. The van der Waals surface area contributed by atoms with Crippen molar-refractivity contribution in [3.63, 3.8) is 0 Å². The number of ether oxygens (including phenoxy) is 1. The monoisotopic (exact) mass is 271 g/mol. The van der Waals surface area contributed by atoms with Crippen LogP contribution in [0.4, 0.5) is 0 Å². The molecule has 2 atom stereocenters. The van der Waals surface area contributed by atoms with Crippen molar-refractivity contribution in [2.45, 2.75) is 12.5 Å². The van der Waals surface area contributed by atoms with Crippen LogP contribution in [0, 0.1) is 5.92 Å². The van der Waals surface area contributed by atoms with Crippen LogP contribution in [0.15, 0.2) is 0 Å². The lowest BCUT2D eigenvalue weighted by Gasteiger charge is -2.21. The quantitative estimate of drug-likeness (QED) is 0.576. The van der Waals surface area contributed by atoms with Gasteiger partial charge in [0.15, 0.2) is 0 Å². The second-order valence-electron chi connectivity index (χ2n) is 5.04. The third kappa shape index (κ3) is 4.15. The Hall–Kier alpha value is -1.18. The number of aliphatic carboxylic acids is 1. The van der Waals surface area contributed by atoms with Gasteiger partial charge < -0.3 is 20.5 Å². The SMILES string of the molecule is O=C(CN1CCCNCC1)NC1COCC1C(=O)O. The minimum atomic E-state index is -0.915. The van der Waals surface area contributed by atoms with Crippen molar-refractivity contribution >= 4 is 11.9 Å². The van der Waals surface area contributed by atoms with E-state index in [1.807, 2.05) is 0 Å². The second-order valence-corrected chi connectivity index (χ2v) is 5.04. The number of nitrogens with one attached hydrogen (secondary N) is 2. The predicted molar refractivity (Wildman–Crippen MR) is 67.8 cm³/mol. The van der Waals surface area contributed by atoms with Crippen LogP contribution < -0.4 is 10.6 Å². The highest BCUT2D eigenvalue weighted by atomic mass is 16.5. The summed E-state index contributed by atoms with van der Waals surface area (Å²) in [6.07, 6.45) is 1.03. The van der Waals surface area contributed by atoms with Crippen LogP contribution in [0.5, 0.6) is 0 Å². The normalized spacial score (nSPS) is 28.8. The van der Waals surface area contributed by atoms with E-state index >= 15 is 0 Å². The highest BCUT2D eigenvalue weighted by Crippen LogP contribution is 2.13. The van der Waals surface area contributed by atoms with Crippen molar-refractivity contribution in [3.8, 4) is 0 Å². The van der Waals surface area contributed by atoms with Gasteiger partial charge in [0.1, 0.15) is 5.92 Å². The van der Waals surface area contributed by atoms with Crippen LogP contribution in [0.2, 0.25) is 0 Å². The van der Waals surface area contributed by atoms with E-state index in [1.165, 1.54) is 0 Å². The van der Waals surface area contributed by atoms with Gasteiger partial charge in [-0.1, -0.05) is 0 Å². The van der Waals surface area contributed by atoms with Crippen molar-refractivity contribution in [2.75, 3.05) is 45.9 Å². The molecule has 0 aliphatic carbocycles. The number of rotatable bonds is 4. The van der Waals surface area contributed by atoms with Gasteiger partial charge in [-0.2, -0.15) is 0 Å². The lowest BCUT2D eigenvalue weighted by atomic mass is 10.0. The van der Waals surface area contributed by atoms with Gasteiger partial charge in [0.05, 0.1) is 25.8 Å². The summed E-state index contributed by atoms with van der Waals surface area (Å²) in [6.45, 7) is 4.39. The molecule has 2 aliphatic heterocycles. The fourth-order valence-electron chi connectivity index (χ4n) is 2.46. The zero-order valence-electron chi connectivity index (χ0n) is 10.9. The molecule has 2 unspecified atom stereocenters. The van der Waals surface area contributed by atoms with E-state index < -0.39 is 17.9 Å². The van der Waals surface area contributed by atoms with E-state index in [9.17, 15) is 9.59 Å². The molecule has 2 aliphatic rings. The Kier molecular flexibility index (Phi) is 5.12. The molecule has 0 aromatic heterocycles. The third-order valence-corrected chi connectivity index (χ3v) is 3.54. The molecular formula is C12H21N3O4. The van der Waals surface area contributed by atoms with Crippen LogP contribution in [-0.2, 0) is 14.3 Å². The topological polar surface area (TPSA) is 90.9 Å². The van der Waals surface area contributed by atoms with E-state index in [0.717, 1.165) is 32.6 Å². The van der Waals surface area contributed by atoms with Gasteiger partial charge in [0.25, 0.3) is 0 Å². The molecule has 0 saturated carbocycles. The lowest BCUT2D eigenvalue weighted by molar-refractivity contribution is -0.142. The Morgan fingerprint density at radius 2 is 2.16 bits per heavy atom. The molecule has 0 spiro atoms. The predicted octanol–water partition coefficient (Wildman–Crippen LogP) is -1.50. The lowest BCUT2D eigenvalue weighted by Crippen LogP contribution is -2.47. The maximum Gasteiger partial charge on any atom is 0.311 e. The summed E-state index contributed by atoms with van der Waals surface area (Å²) in [4.78, 5) is 25.0. The second kappa shape index (κ2) is 6.83. The highest BCUT2D eigenvalue weighted by Gasteiger charge is 2.35. The van der Waals surface area contributed by atoms with Crippen molar-refractivity contribution in [1.29, 1.82) is 0 Å². The van der Waals surface area contributed by atoms with Crippen LogP contribution >= 0.6 is 0 Å². The average Bonchev–Trinajstić information content (AvgIpc) is 2.66. The molecule has 1 amide bonds. The first-order chi connectivity index (χ1) is 9.16. The Morgan fingerprint density at radius 3 is 2.95 bits per heavy atom. The van der Waals surface area contributed by atoms with Gasteiger partial charge >= 0.3 is 5.97 Å². The van der Waals surface area contributed by atoms with Crippen molar-refractivity contribution in [3.05, 3.63) is 0 Å². The fraction of sp³-hybridized carbons (Fsp3) is 0.833. The van der Waals surface area contributed by atoms with Gasteiger partial charge in [-0.15, -0.1) is 0 Å². The molecule has 2 heterocycles. The number of carbonyl (C=O) groups excluding carboxylic acids is 1. The first-order valence-electron chi connectivity index (χ1n) is 6.70. The zero-order valence-corrected chi connectivity index (χ0v) is 10.9. The molecule has 7 heteroatoms. The van der Waals surface area contributed by atoms with E-state index in [-0.39, 0.29) is 19.1 Å². The molecule has 19 heavy (non-hydrogen) atoms. The van der Waals surface area contributed by atoms with Gasteiger partial charge in [0.2, 0.25) is 5.91 Å². The minimum Gasteiger partial charge on any atom is -0.481 e. The van der Waals surface area contributed by atoms with E-state index in [1.54, 1.807) is 0 Å². The summed E-state index contributed by atoms with van der Waals surface area (Å²) in [5.74, 6) is -1.67. The molecule has 2 saturated heterocycles. The van der Waals surface area contributed by atoms with Gasteiger partial charge in [-0.3, -0.25) is 14.5 Å². The molecule has 2 rings (SSSR count). The molecule has 3 N–H and O–H groups in total. The first kappa shape index (κ1) is 14.2. The standard InChI is InChI=1S/C12H21N3O4/c16-11(6-15-4-1-2-13-3-5-15)14-10-8-19-7-9(10)12(17)18/h9-10,13H,1-8H2,(H,14,16)(H,17,18). The van der Waals surface area contributed by atoms with Gasteiger partial charge in [0, 0.05) is 13.1 Å². The summed E-state index contributed by atoms with van der Waals surface area (Å²) in [5.41, 5.74) is 0. The van der Waals surface area contributed by atoms with Crippen LogP contribution in [0.1, 0.15) is 6.42 Å². The number of hydrogen-bond acceptors (Lipinski definition) is 5. The van der Waals surface area contributed by atoms with E-state index in [4.69, 9.17) is 9.84 Å². The Labute approximate surface area is 112 Å². The molecule has 0 bridgehead atoms. The van der Waals surface area contributed by atoms with Crippen LogP contribution in [0.3, 0.4) is 0 Å². The molecule has 0 radical (unpaired) electrons. The molecule has 0 aromatic carbocycles. The molecule has 108 valence electrons. The summed E-state index contributed by atoms with van der Waals surface area (Å²) >= 11 is 0. The van der Waals surface area contributed by atoms with Crippen molar-refractivity contribution < 1.29 is 19.4 Å². The van der Waals surface area contributed by atoms with Gasteiger partial charge in [-0.25, -0.2) is 0 Å². The van der Waals surface area contributed by atoms with E-state index in [2.05, 4.69) is 15.5 Å². The van der Waals surface area contributed by atoms with E-state index in [0.29, 0.717) is 6.54 Å². The number of hydrogen-bond donors (Lipinski definition) is 3. The minimum absolute atomic E-state index is 0.122. The number of amides is 1. The summed E-state index contributed by atoms with van der Waals surface area (Å²) in [6, 6.07) is -0.407. The summed E-state index contributed by atoms with van der Waals surface area (Å²) in [5, 5.41) is 15.1. The zero-order chi connectivity index (χ0) is 13.7. The molecule has 7 nitrogen and oxygen atoms in total. The Bertz CT molecular complexity index is 329. The Balaban J connectivity index is 1.78. The van der Waals surface area contributed by atoms with Gasteiger partial charge in [-0.05, 0) is 19.5 Å².